The topological polar surface area (TPSA) is 89.4 Å². The number of carboxylic acid groups (broad SMARTS) is 1. The second-order valence-electron chi connectivity index (χ2n) is 8.48. The van der Waals surface area contributed by atoms with Crippen LogP contribution in [0.1, 0.15) is 40.9 Å². The average molecular weight is 508 g/mol. The van der Waals surface area contributed by atoms with Gasteiger partial charge in [-0.1, -0.05) is 36.4 Å². The molecule has 0 saturated carbocycles. The van der Waals surface area contributed by atoms with Crippen molar-refractivity contribution >= 4 is 22.8 Å². The Bertz CT molecular complexity index is 1410. The van der Waals surface area contributed by atoms with E-state index in [1.165, 1.54) is 12.1 Å². The van der Waals surface area contributed by atoms with E-state index in [4.69, 9.17) is 15.1 Å². The van der Waals surface area contributed by atoms with Crippen molar-refractivity contribution in [2.45, 2.75) is 38.5 Å². The van der Waals surface area contributed by atoms with Gasteiger partial charge < -0.3 is 9.84 Å². The molecule has 0 radical (unpaired) electrons. The number of ketones is 1. The summed E-state index contributed by atoms with van der Waals surface area (Å²) in [7, 11) is 0. The van der Waals surface area contributed by atoms with E-state index in [0.717, 1.165) is 29.1 Å². The van der Waals surface area contributed by atoms with Crippen molar-refractivity contribution in [2.24, 2.45) is 0 Å². The summed E-state index contributed by atoms with van der Waals surface area (Å²) in [6.07, 6.45) is -2.98. The Morgan fingerprint density at radius 3 is 2.27 bits per heavy atom. The van der Waals surface area contributed by atoms with E-state index in [0.29, 0.717) is 35.9 Å². The summed E-state index contributed by atoms with van der Waals surface area (Å²) in [6, 6.07) is 19.7. The summed E-state index contributed by atoms with van der Waals surface area (Å²) in [5, 5.41) is 8.92. The highest BCUT2D eigenvalue weighted by atomic mass is 19.4. The number of carboxylic acids is 1. The van der Waals surface area contributed by atoms with Gasteiger partial charge in [0.1, 0.15) is 5.75 Å². The maximum absolute atomic E-state index is 12.7. The Morgan fingerprint density at radius 2 is 1.59 bits per heavy atom. The van der Waals surface area contributed by atoms with Gasteiger partial charge in [-0.25, -0.2) is 9.97 Å². The third kappa shape index (κ3) is 7.13. The predicted octanol–water partition coefficient (Wildman–Crippen LogP) is 6.42. The molecule has 4 rings (SSSR count). The molecular formula is C28H23F3N2O4. The van der Waals surface area contributed by atoms with Gasteiger partial charge in [0.05, 0.1) is 22.4 Å². The number of rotatable bonds is 10. The van der Waals surface area contributed by atoms with Crippen LogP contribution in [0.3, 0.4) is 0 Å². The Kier molecular flexibility index (Phi) is 7.81. The van der Waals surface area contributed by atoms with Gasteiger partial charge in [-0.15, -0.1) is 13.2 Å². The Labute approximate surface area is 210 Å². The van der Waals surface area contributed by atoms with Crippen LogP contribution in [-0.4, -0.2) is 33.2 Å². The van der Waals surface area contributed by atoms with E-state index in [1.54, 1.807) is 18.2 Å². The van der Waals surface area contributed by atoms with Gasteiger partial charge in [0.25, 0.3) is 0 Å². The lowest BCUT2D eigenvalue weighted by Crippen LogP contribution is -2.17. The predicted molar refractivity (Wildman–Crippen MR) is 131 cm³/mol. The molecule has 0 unspecified atom stereocenters. The van der Waals surface area contributed by atoms with Crippen molar-refractivity contribution < 1.29 is 32.6 Å². The van der Waals surface area contributed by atoms with Crippen LogP contribution in [0.25, 0.3) is 22.3 Å². The number of carbonyl (C=O) groups is 2. The third-order valence-corrected chi connectivity index (χ3v) is 5.68. The van der Waals surface area contributed by atoms with Crippen molar-refractivity contribution in [2.75, 3.05) is 0 Å². The first-order valence-corrected chi connectivity index (χ1v) is 11.6. The monoisotopic (exact) mass is 508 g/mol. The molecule has 9 heteroatoms. The van der Waals surface area contributed by atoms with Crippen LogP contribution in [0.5, 0.6) is 5.75 Å². The molecule has 190 valence electrons. The number of aryl methyl sites for hydroxylation is 1. The molecule has 0 saturated heterocycles. The van der Waals surface area contributed by atoms with E-state index >= 15 is 0 Å². The van der Waals surface area contributed by atoms with Gasteiger partial charge in [-0.2, -0.15) is 0 Å². The number of ether oxygens (including phenoxy) is 1. The number of aromatic nitrogens is 2. The first-order valence-electron chi connectivity index (χ1n) is 11.6. The summed E-state index contributed by atoms with van der Waals surface area (Å²) in [5.74, 6) is -1.50. The standard InChI is InChI=1S/C28H23F3N2O4/c29-28(30,31)37-21-13-11-19(12-14-21)25(34)17-18-10-15-22-24(16-18)32-23(8-4-5-9-26(35)36)27(33-22)20-6-2-1-3-7-20/h1-3,6-7,10-16H,4-5,8-9,17H2,(H,35,36). The number of halogens is 3. The van der Waals surface area contributed by atoms with Crippen molar-refractivity contribution in [1.29, 1.82) is 0 Å². The molecule has 0 atom stereocenters. The highest BCUT2D eigenvalue weighted by Crippen LogP contribution is 2.26. The van der Waals surface area contributed by atoms with Crippen LogP contribution in [0, 0.1) is 0 Å². The maximum atomic E-state index is 12.7. The number of alkyl halides is 3. The molecule has 0 spiro atoms. The molecule has 0 aliphatic rings. The average Bonchev–Trinajstić information content (AvgIpc) is 2.86. The highest BCUT2D eigenvalue weighted by molar-refractivity contribution is 5.98. The maximum Gasteiger partial charge on any atom is 0.573 e. The van der Waals surface area contributed by atoms with Gasteiger partial charge in [0, 0.05) is 24.0 Å². The van der Waals surface area contributed by atoms with Crippen LogP contribution in [-0.2, 0) is 17.6 Å². The molecule has 0 aliphatic carbocycles. The largest absolute Gasteiger partial charge is 0.573 e. The number of aliphatic carboxylic acids is 1. The lowest BCUT2D eigenvalue weighted by Gasteiger charge is -2.11. The summed E-state index contributed by atoms with van der Waals surface area (Å²) in [6.45, 7) is 0. The second-order valence-corrected chi connectivity index (χ2v) is 8.48. The smallest absolute Gasteiger partial charge is 0.481 e. The van der Waals surface area contributed by atoms with Crippen LogP contribution in [0.4, 0.5) is 13.2 Å². The summed E-state index contributed by atoms with van der Waals surface area (Å²) >= 11 is 0. The Balaban J connectivity index is 1.56. The van der Waals surface area contributed by atoms with Crippen LogP contribution >= 0.6 is 0 Å². The number of nitrogens with zero attached hydrogens (tertiary/aromatic N) is 2. The Hall–Kier alpha value is -4.27. The lowest BCUT2D eigenvalue weighted by atomic mass is 10.0. The minimum absolute atomic E-state index is 0.0332. The molecular weight excluding hydrogens is 485 g/mol. The first kappa shape index (κ1) is 25.8. The van der Waals surface area contributed by atoms with E-state index in [1.807, 2.05) is 30.3 Å². The van der Waals surface area contributed by atoms with Gasteiger partial charge in [-0.05, 0) is 61.2 Å². The molecule has 0 fully saturated rings. The van der Waals surface area contributed by atoms with Crippen LogP contribution < -0.4 is 4.74 Å². The number of unbranched alkanes of at least 4 members (excludes halogenated alkanes) is 1. The highest BCUT2D eigenvalue weighted by Gasteiger charge is 2.31. The van der Waals surface area contributed by atoms with Gasteiger partial charge in [0.15, 0.2) is 5.78 Å². The first-order chi connectivity index (χ1) is 17.7. The summed E-state index contributed by atoms with van der Waals surface area (Å²) in [4.78, 5) is 33.2. The van der Waals surface area contributed by atoms with E-state index in [9.17, 15) is 22.8 Å². The fourth-order valence-corrected chi connectivity index (χ4v) is 3.95. The molecule has 4 aromatic rings. The quantitative estimate of drug-likeness (QED) is 0.196. The van der Waals surface area contributed by atoms with Gasteiger partial charge >= 0.3 is 12.3 Å². The summed E-state index contributed by atoms with van der Waals surface area (Å²) < 4.78 is 40.9. The number of hydrogen-bond acceptors (Lipinski definition) is 5. The number of carbonyl (C=O) groups excluding carboxylic acids is 1. The number of benzene rings is 3. The minimum Gasteiger partial charge on any atom is -0.481 e. The van der Waals surface area contributed by atoms with E-state index < -0.39 is 18.1 Å². The zero-order chi connectivity index (χ0) is 26.4. The van der Waals surface area contributed by atoms with Crippen LogP contribution in [0.2, 0.25) is 0 Å². The molecule has 0 bridgehead atoms. The van der Waals surface area contributed by atoms with Crippen molar-refractivity contribution in [1.82, 2.24) is 9.97 Å². The van der Waals surface area contributed by atoms with E-state index in [-0.39, 0.29) is 24.2 Å². The molecule has 3 aromatic carbocycles. The zero-order valence-electron chi connectivity index (χ0n) is 19.7. The molecule has 1 N–H and O–H groups in total. The molecule has 1 aromatic heterocycles. The number of Topliss-reactive ketones (excluding diaryl/α,β-unsaturated/α-hetero) is 1. The van der Waals surface area contributed by atoms with Gasteiger partial charge in [-0.3, -0.25) is 9.59 Å². The Morgan fingerprint density at radius 1 is 0.865 bits per heavy atom. The SMILES string of the molecule is O=C(O)CCCCc1nc2cc(CC(=O)c3ccc(OC(F)(F)F)cc3)ccc2nc1-c1ccccc1. The molecule has 0 aliphatic heterocycles. The zero-order valence-corrected chi connectivity index (χ0v) is 19.7. The lowest BCUT2D eigenvalue weighted by molar-refractivity contribution is -0.274. The molecule has 37 heavy (non-hydrogen) atoms. The molecule has 0 amide bonds. The number of fused-ring (bicyclic) bond motifs is 1. The number of hydrogen-bond donors (Lipinski definition) is 1. The van der Waals surface area contributed by atoms with Crippen molar-refractivity contribution in [3.05, 3.63) is 89.6 Å². The molecule has 1 heterocycles. The van der Waals surface area contributed by atoms with Crippen molar-refractivity contribution in [3.63, 3.8) is 0 Å². The van der Waals surface area contributed by atoms with E-state index in [2.05, 4.69) is 4.74 Å². The summed E-state index contributed by atoms with van der Waals surface area (Å²) in [5.41, 5.74) is 4.58. The minimum atomic E-state index is -4.80. The fourth-order valence-electron chi connectivity index (χ4n) is 3.95. The van der Waals surface area contributed by atoms with Crippen LogP contribution in [0.15, 0.2) is 72.8 Å². The normalized spacial score (nSPS) is 11.4. The fraction of sp³-hybridized carbons (Fsp3) is 0.214. The van der Waals surface area contributed by atoms with Crippen molar-refractivity contribution in [3.8, 4) is 17.0 Å². The second kappa shape index (κ2) is 11.2. The van der Waals surface area contributed by atoms with Gasteiger partial charge in [0.2, 0.25) is 0 Å². The third-order valence-electron chi connectivity index (χ3n) is 5.68. The molecule has 6 nitrogen and oxygen atoms in total.